The first-order chi connectivity index (χ1) is 8.36. The van der Waals surface area contributed by atoms with Crippen molar-refractivity contribution in [2.24, 2.45) is 0 Å². The summed E-state index contributed by atoms with van der Waals surface area (Å²) in [6, 6.07) is 2.26. The molecule has 0 aromatic carbocycles. The largest absolute Gasteiger partial charge is 0.481 e. The molecular weight excluding hydrogens is 252 g/mol. The van der Waals surface area contributed by atoms with Gasteiger partial charge in [0.2, 0.25) is 0 Å². The molecule has 1 rings (SSSR count). The van der Waals surface area contributed by atoms with Crippen molar-refractivity contribution in [1.82, 2.24) is 4.98 Å². The number of aromatic nitrogens is 1. The second kappa shape index (κ2) is 5.13. The lowest BCUT2D eigenvalue weighted by Crippen LogP contribution is -2.09. The number of carbonyl (C=O) groups is 1. The molecule has 18 heavy (non-hydrogen) atoms. The molecule has 1 heterocycles. The van der Waals surface area contributed by atoms with Crippen LogP contribution in [0.1, 0.15) is 23.2 Å². The van der Waals surface area contributed by atoms with Gasteiger partial charge >= 0.3 is 11.8 Å². The Balaban J connectivity index is 3.55. The zero-order valence-corrected chi connectivity index (χ0v) is 8.63. The number of alkyl halides is 2. The first kappa shape index (κ1) is 13.4. The highest BCUT2D eigenvalue weighted by Gasteiger charge is 2.29. The number of pyridine rings is 1. The Morgan fingerprint density at radius 1 is 1.67 bits per heavy atom. The van der Waals surface area contributed by atoms with Gasteiger partial charge in [-0.1, -0.05) is 0 Å². The molecule has 1 aromatic rings. The van der Waals surface area contributed by atoms with Crippen molar-refractivity contribution in [3.63, 3.8) is 0 Å². The Hall–Kier alpha value is -2.63. The van der Waals surface area contributed by atoms with Crippen molar-refractivity contribution in [1.29, 1.82) is 5.26 Å². The minimum Gasteiger partial charge on any atom is -0.481 e. The van der Waals surface area contributed by atoms with Crippen LogP contribution in [0, 0.1) is 21.4 Å². The number of hydrogen-bond donors (Lipinski definition) is 1. The molecule has 1 N–H and O–H groups in total. The van der Waals surface area contributed by atoms with E-state index in [1.54, 1.807) is 0 Å². The highest BCUT2D eigenvalue weighted by Crippen LogP contribution is 2.31. The molecule has 0 unspecified atom stereocenters. The van der Waals surface area contributed by atoms with Crippen molar-refractivity contribution >= 4 is 11.8 Å². The van der Waals surface area contributed by atoms with Gasteiger partial charge in [-0.25, -0.2) is 8.78 Å². The maximum atomic E-state index is 12.7. The molecule has 0 aliphatic carbocycles. The van der Waals surface area contributed by atoms with Crippen LogP contribution in [-0.4, -0.2) is 21.0 Å². The van der Waals surface area contributed by atoms with Crippen molar-refractivity contribution < 1.29 is 23.6 Å². The number of halogens is 2. The minimum absolute atomic E-state index is 0.484. The van der Waals surface area contributed by atoms with Crippen molar-refractivity contribution in [2.45, 2.75) is 12.8 Å². The molecule has 1 aromatic heterocycles. The predicted molar refractivity (Wildman–Crippen MR) is 51.9 cm³/mol. The molecule has 9 heteroatoms. The fourth-order valence-corrected chi connectivity index (χ4v) is 1.34. The third kappa shape index (κ3) is 2.73. The molecule has 0 saturated heterocycles. The molecule has 0 aliphatic rings. The van der Waals surface area contributed by atoms with Crippen LogP contribution in [0.2, 0.25) is 0 Å². The van der Waals surface area contributed by atoms with Crippen molar-refractivity contribution in [2.75, 3.05) is 0 Å². The first-order valence-corrected chi connectivity index (χ1v) is 4.45. The zero-order valence-electron chi connectivity index (χ0n) is 8.63. The summed E-state index contributed by atoms with van der Waals surface area (Å²) >= 11 is 0. The zero-order chi connectivity index (χ0) is 13.9. The van der Waals surface area contributed by atoms with Gasteiger partial charge in [-0.3, -0.25) is 4.79 Å². The summed E-state index contributed by atoms with van der Waals surface area (Å²) in [5, 5.41) is 27.7. The Labute approximate surface area is 98.4 Å². The van der Waals surface area contributed by atoms with Crippen LogP contribution in [0.25, 0.3) is 0 Å². The normalized spacial score (nSPS) is 10.1. The summed E-state index contributed by atoms with van der Waals surface area (Å²) in [6.45, 7) is 0. The van der Waals surface area contributed by atoms with Crippen molar-refractivity contribution in [3.05, 3.63) is 33.0 Å². The average molecular weight is 257 g/mol. The lowest BCUT2D eigenvalue weighted by atomic mass is 10.0. The van der Waals surface area contributed by atoms with Gasteiger partial charge < -0.3 is 15.2 Å². The molecule has 0 spiro atoms. The second-order valence-electron chi connectivity index (χ2n) is 3.14. The van der Waals surface area contributed by atoms with Crippen LogP contribution < -0.4 is 0 Å². The average Bonchev–Trinajstić information content (AvgIpc) is 2.26. The number of nitriles is 1. The molecule has 0 aliphatic heterocycles. The Bertz CT molecular complexity index is 553. The lowest BCUT2D eigenvalue weighted by Gasteiger charge is -2.06. The minimum atomic E-state index is -3.25. The highest BCUT2D eigenvalue weighted by atomic mass is 19.3. The van der Waals surface area contributed by atoms with E-state index >= 15 is 0 Å². The molecule has 0 fully saturated rings. The van der Waals surface area contributed by atoms with Crippen LogP contribution in [0.4, 0.5) is 14.6 Å². The third-order valence-electron chi connectivity index (χ3n) is 1.97. The van der Waals surface area contributed by atoms with Crippen LogP contribution in [0.3, 0.4) is 0 Å². The van der Waals surface area contributed by atoms with E-state index in [0.717, 1.165) is 6.07 Å². The van der Waals surface area contributed by atoms with E-state index in [9.17, 15) is 23.7 Å². The van der Waals surface area contributed by atoms with E-state index in [-0.39, 0.29) is 0 Å². The Kier molecular flexibility index (Phi) is 3.83. The standard InChI is InChI=1S/C9H5F2N3O4/c10-8(11)7-4(2-6(15)16)1-5(3-12)13-9(7)14(17)18/h1,8H,2H2,(H,15,16). The van der Waals surface area contributed by atoms with Crippen LogP contribution in [0.15, 0.2) is 6.07 Å². The van der Waals surface area contributed by atoms with E-state index in [1.165, 1.54) is 6.07 Å². The SMILES string of the molecule is N#Cc1cc(CC(=O)O)c(C(F)F)c([N+](=O)[O-])n1. The number of carboxylic acids is 1. The molecule has 0 saturated carbocycles. The fourth-order valence-electron chi connectivity index (χ4n) is 1.34. The first-order valence-electron chi connectivity index (χ1n) is 4.45. The molecule has 0 bridgehead atoms. The lowest BCUT2D eigenvalue weighted by molar-refractivity contribution is -0.391. The van der Waals surface area contributed by atoms with E-state index in [4.69, 9.17) is 10.4 Å². The number of aliphatic carboxylic acids is 1. The highest BCUT2D eigenvalue weighted by molar-refractivity contribution is 5.71. The Morgan fingerprint density at radius 3 is 2.67 bits per heavy atom. The summed E-state index contributed by atoms with van der Waals surface area (Å²) in [7, 11) is 0. The quantitative estimate of drug-likeness (QED) is 0.643. The molecule has 0 amide bonds. The van der Waals surface area contributed by atoms with Crippen molar-refractivity contribution in [3.8, 4) is 6.07 Å². The number of rotatable bonds is 4. The van der Waals surface area contributed by atoms with E-state index in [0.29, 0.717) is 0 Å². The summed E-state index contributed by atoms with van der Waals surface area (Å²) in [4.78, 5) is 23.1. The number of nitro groups is 1. The van der Waals surface area contributed by atoms with Crippen LogP contribution >= 0.6 is 0 Å². The monoisotopic (exact) mass is 257 g/mol. The summed E-state index contributed by atoms with van der Waals surface area (Å²) in [5.74, 6) is -2.64. The van der Waals surface area contributed by atoms with Gasteiger partial charge in [-0.2, -0.15) is 5.26 Å². The molecular formula is C9H5F2N3O4. The maximum absolute atomic E-state index is 12.7. The second-order valence-corrected chi connectivity index (χ2v) is 3.14. The number of hydrogen-bond acceptors (Lipinski definition) is 5. The van der Waals surface area contributed by atoms with Gasteiger partial charge in [-0.15, -0.1) is 0 Å². The smallest absolute Gasteiger partial charge is 0.374 e. The molecule has 94 valence electrons. The molecule has 0 radical (unpaired) electrons. The molecule has 0 atom stereocenters. The van der Waals surface area contributed by atoms with Crippen LogP contribution in [0.5, 0.6) is 0 Å². The number of nitrogens with zero attached hydrogens (tertiary/aromatic N) is 3. The predicted octanol–water partition coefficient (Wildman–Crippen LogP) is 1.43. The fraction of sp³-hybridized carbons (Fsp3) is 0.222. The van der Waals surface area contributed by atoms with E-state index in [1.807, 2.05) is 0 Å². The maximum Gasteiger partial charge on any atom is 0.374 e. The van der Waals surface area contributed by atoms with Gasteiger partial charge in [0.15, 0.2) is 0 Å². The van der Waals surface area contributed by atoms with Gasteiger partial charge in [0.05, 0.1) is 6.42 Å². The Morgan fingerprint density at radius 2 is 2.28 bits per heavy atom. The van der Waals surface area contributed by atoms with E-state index < -0.39 is 46.4 Å². The summed E-state index contributed by atoms with van der Waals surface area (Å²) in [6.07, 6.45) is -4.10. The number of carboxylic acid groups (broad SMARTS) is 1. The van der Waals surface area contributed by atoms with Gasteiger partial charge in [0.25, 0.3) is 12.1 Å². The molecule has 7 nitrogen and oxygen atoms in total. The van der Waals surface area contributed by atoms with Gasteiger partial charge in [0.1, 0.15) is 11.6 Å². The van der Waals surface area contributed by atoms with Gasteiger partial charge in [0, 0.05) is 6.07 Å². The van der Waals surface area contributed by atoms with Crippen LogP contribution in [-0.2, 0) is 11.2 Å². The summed E-state index contributed by atoms with van der Waals surface area (Å²) in [5.41, 5.74) is -2.04. The third-order valence-corrected chi connectivity index (χ3v) is 1.97. The topological polar surface area (TPSA) is 117 Å². The van der Waals surface area contributed by atoms with Gasteiger partial charge in [-0.05, 0) is 15.5 Å². The summed E-state index contributed by atoms with van der Waals surface area (Å²) < 4.78 is 25.4. The van der Waals surface area contributed by atoms with E-state index in [2.05, 4.69) is 4.98 Å².